The molecule has 0 bridgehead atoms. The van der Waals surface area contributed by atoms with Crippen LogP contribution in [0.1, 0.15) is 39.7 Å². The van der Waals surface area contributed by atoms with Crippen LogP contribution in [-0.2, 0) is 10.2 Å². The SMILES string of the molecule is CC(=O)N1CCCN(c2ccc(C(C)(C)C)cc2)CC1. The largest absolute Gasteiger partial charge is 0.370 e. The highest BCUT2D eigenvalue weighted by Gasteiger charge is 2.18. The van der Waals surface area contributed by atoms with Crippen LogP contribution in [0, 0.1) is 0 Å². The van der Waals surface area contributed by atoms with E-state index < -0.39 is 0 Å². The van der Waals surface area contributed by atoms with Gasteiger partial charge >= 0.3 is 0 Å². The van der Waals surface area contributed by atoms with Crippen LogP contribution in [0.25, 0.3) is 0 Å². The maximum absolute atomic E-state index is 11.5. The molecule has 1 saturated heterocycles. The van der Waals surface area contributed by atoms with Gasteiger partial charge in [-0.05, 0) is 29.5 Å². The molecule has 1 aliphatic rings. The summed E-state index contributed by atoms with van der Waals surface area (Å²) in [6, 6.07) is 8.87. The van der Waals surface area contributed by atoms with Gasteiger partial charge in [0.15, 0.2) is 0 Å². The zero-order valence-corrected chi connectivity index (χ0v) is 13.1. The van der Waals surface area contributed by atoms with Crippen LogP contribution in [0.4, 0.5) is 5.69 Å². The number of rotatable bonds is 1. The molecule has 0 saturated carbocycles. The van der Waals surface area contributed by atoms with Gasteiger partial charge < -0.3 is 9.80 Å². The smallest absolute Gasteiger partial charge is 0.219 e. The molecule has 3 nitrogen and oxygen atoms in total. The fourth-order valence-electron chi connectivity index (χ4n) is 2.66. The minimum atomic E-state index is 0.190. The number of benzene rings is 1. The standard InChI is InChI=1S/C17H26N2O/c1-14(20)18-10-5-11-19(13-12-18)16-8-6-15(7-9-16)17(2,3)4/h6-9H,5,10-13H2,1-4H3. The molecule has 1 fully saturated rings. The van der Waals surface area contributed by atoms with Crippen LogP contribution in [0.2, 0.25) is 0 Å². The molecule has 0 aliphatic carbocycles. The highest BCUT2D eigenvalue weighted by Crippen LogP contribution is 2.25. The number of amides is 1. The summed E-state index contributed by atoms with van der Waals surface area (Å²) in [5.41, 5.74) is 2.83. The van der Waals surface area contributed by atoms with Crippen molar-refractivity contribution in [3.05, 3.63) is 29.8 Å². The molecule has 0 aromatic heterocycles. The number of nitrogens with zero attached hydrogens (tertiary/aromatic N) is 2. The molecule has 1 amide bonds. The molecule has 1 aromatic carbocycles. The van der Waals surface area contributed by atoms with Gasteiger partial charge in [-0.2, -0.15) is 0 Å². The number of hydrogen-bond donors (Lipinski definition) is 0. The van der Waals surface area contributed by atoms with Gasteiger partial charge in [-0.1, -0.05) is 32.9 Å². The van der Waals surface area contributed by atoms with Gasteiger partial charge in [-0.25, -0.2) is 0 Å². The molecule has 2 rings (SSSR count). The highest BCUT2D eigenvalue weighted by atomic mass is 16.2. The monoisotopic (exact) mass is 274 g/mol. The third kappa shape index (κ3) is 3.53. The highest BCUT2D eigenvalue weighted by molar-refractivity contribution is 5.73. The number of carbonyl (C=O) groups is 1. The van der Waals surface area contributed by atoms with E-state index in [9.17, 15) is 4.79 Å². The molecule has 0 N–H and O–H groups in total. The van der Waals surface area contributed by atoms with Crippen LogP contribution in [0.5, 0.6) is 0 Å². The van der Waals surface area contributed by atoms with Gasteiger partial charge in [0.1, 0.15) is 0 Å². The van der Waals surface area contributed by atoms with E-state index in [0.29, 0.717) is 0 Å². The third-order valence-electron chi connectivity index (χ3n) is 4.04. The average molecular weight is 274 g/mol. The van der Waals surface area contributed by atoms with Gasteiger partial charge in [-0.15, -0.1) is 0 Å². The molecule has 1 heterocycles. The second-order valence-corrected chi connectivity index (χ2v) is 6.64. The molecule has 0 atom stereocenters. The van der Waals surface area contributed by atoms with Crippen LogP contribution in [-0.4, -0.2) is 37.0 Å². The summed E-state index contributed by atoms with van der Waals surface area (Å²) < 4.78 is 0. The van der Waals surface area contributed by atoms with Crippen molar-refractivity contribution in [1.82, 2.24) is 4.90 Å². The predicted molar refractivity (Wildman–Crippen MR) is 84.2 cm³/mol. The van der Waals surface area contributed by atoms with Crippen LogP contribution >= 0.6 is 0 Å². The lowest BCUT2D eigenvalue weighted by molar-refractivity contribution is -0.128. The summed E-state index contributed by atoms with van der Waals surface area (Å²) in [6.07, 6.45) is 1.04. The lowest BCUT2D eigenvalue weighted by atomic mass is 9.87. The van der Waals surface area contributed by atoms with Crippen molar-refractivity contribution in [3.8, 4) is 0 Å². The van der Waals surface area contributed by atoms with Crippen LogP contribution in [0.15, 0.2) is 24.3 Å². The Balaban J connectivity index is 2.06. The molecule has 3 heteroatoms. The molecule has 0 radical (unpaired) electrons. The van der Waals surface area contributed by atoms with Gasteiger partial charge in [0.2, 0.25) is 5.91 Å². The molecule has 110 valence electrons. The third-order valence-corrected chi connectivity index (χ3v) is 4.04. The molecular weight excluding hydrogens is 248 g/mol. The van der Waals surface area contributed by atoms with E-state index in [2.05, 4.69) is 49.9 Å². The zero-order chi connectivity index (χ0) is 14.8. The lowest BCUT2D eigenvalue weighted by Gasteiger charge is -2.25. The first-order chi connectivity index (χ1) is 9.38. The Kier molecular flexibility index (Phi) is 4.36. The summed E-state index contributed by atoms with van der Waals surface area (Å²) in [4.78, 5) is 15.8. The van der Waals surface area contributed by atoms with Crippen LogP contribution < -0.4 is 4.90 Å². The normalized spacial score (nSPS) is 17.0. The van der Waals surface area contributed by atoms with Crippen LogP contribution in [0.3, 0.4) is 0 Å². The number of hydrogen-bond acceptors (Lipinski definition) is 2. The van der Waals surface area contributed by atoms with E-state index in [0.717, 1.165) is 32.6 Å². The Labute approximate surface area is 122 Å². The maximum atomic E-state index is 11.5. The van der Waals surface area contributed by atoms with Gasteiger partial charge in [-0.3, -0.25) is 4.79 Å². The van der Waals surface area contributed by atoms with Crippen molar-refractivity contribution in [3.63, 3.8) is 0 Å². The van der Waals surface area contributed by atoms with Crippen molar-refractivity contribution >= 4 is 11.6 Å². The Bertz CT molecular complexity index is 459. The minimum Gasteiger partial charge on any atom is -0.370 e. The summed E-state index contributed by atoms with van der Waals surface area (Å²) in [6.45, 7) is 12.0. The van der Waals surface area contributed by atoms with Crippen molar-refractivity contribution in [1.29, 1.82) is 0 Å². The van der Waals surface area contributed by atoms with Crippen molar-refractivity contribution in [2.24, 2.45) is 0 Å². The Morgan fingerprint density at radius 3 is 2.20 bits per heavy atom. The molecule has 20 heavy (non-hydrogen) atoms. The van der Waals surface area contributed by atoms with Crippen molar-refractivity contribution < 1.29 is 4.79 Å². The van der Waals surface area contributed by atoms with E-state index in [1.165, 1.54) is 11.3 Å². The second-order valence-electron chi connectivity index (χ2n) is 6.64. The first-order valence-corrected chi connectivity index (χ1v) is 7.49. The fraction of sp³-hybridized carbons (Fsp3) is 0.588. The van der Waals surface area contributed by atoms with Crippen molar-refractivity contribution in [2.45, 2.75) is 39.5 Å². The van der Waals surface area contributed by atoms with E-state index in [4.69, 9.17) is 0 Å². The molecular formula is C17H26N2O. The first kappa shape index (κ1) is 14.9. The lowest BCUT2D eigenvalue weighted by Crippen LogP contribution is -2.33. The van der Waals surface area contributed by atoms with E-state index in [1.807, 2.05) is 4.90 Å². The topological polar surface area (TPSA) is 23.6 Å². The average Bonchev–Trinajstić information content (AvgIpc) is 2.63. The number of carbonyl (C=O) groups excluding carboxylic acids is 1. The van der Waals surface area contributed by atoms with Gasteiger partial charge in [0.25, 0.3) is 0 Å². The summed E-state index contributed by atoms with van der Waals surface area (Å²) in [5, 5.41) is 0. The molecule has 1 aromatic rings. The van der Waals surface area contributed by atoms with Gasteiger partial charge in [0.05, 0.1) is 0 Å². The quantitative estimate of drug-likeness (QED) is 0.786. The minimum absolute atomic E-state index is 0.190. The predicted octanol–water partition coefficient (Wildman–Crippen LogP) is 3.04. The van der Waals surface area contributed by atoms with E-state index in [1.54, 1.807) is 6.92 Å². The Morgan fingerprint density at radius 2 is 1.65 bits per heavy atom. The van der Waals surface area contributed by atoms with E-state index in [-0.39, 0.29) is 11.3 Å². The molecule has 0 unspecified atom stereocenters. The number of anilines is 1. The zero-order valence-electron chi connectivity index (χ0n) is 13.1. The van der Waals surface area contributed by atoms with E-state index >= 15 is 0 Å². The van der Waals surface area contributed by atoms with Gasteiger partial charge in [0, 0.05) is 38.8 Å². The summed E-state index contributed by atoms with van der Waals surface area (Å²) in [5.74, 6) is 0.190. The first-order valence-electron chi connectivity index (χ1n) is 7.49. The maximum Gasteiger partial charge on any atom is 0.219 e. The summed E-state index contributed by atoms with van der Waals surface area (Å²) in [7, 11) is 0. The molecule has 0 spiro atoms. The second kappa shape index (κ2) is 5.86. The summed E-state index contributed by atoms with van der Waals surface area (Å²) >= 11 is 0. The van der Waals surface area contributed by atoms with Crippen molar-refractivity contribution in [2.75, 3.05) is 31.1 Å². The Hall–Kier alpha value is -1.51. The Morgan fingerprint density at radius 1 is 1.00 bits per heavy atom. The molecule has 1 aliphatic heterocycles. The fourth-order valence-corrected chi connectivity index (χ4v) is 2.66.